The lowest BCUT2D eigenvalue weighted by Crippen LogP contribution is -2.26. The van der Waals surface area contributed by atoms with Crippen LogP contribution in [0.2, 0.25) is 0 Å². The fourth-order valence-electron chi connectivity index (χ4n) is 2.36. The fraction of sp³-hybridized carbons (Fsp3) is 0.467. The first-order chi connectivity index (χ1) is 9.20. The summed E-state index contributed by atoms with van der Waals surface area (Å²) < 4.78 is 0. The molecular formula is C15H20N2O2. The maximum atomic E-state index is 11.1. The molecule has 1 unspecified atom stereocenters. The van der Waals surface area contributed by atoms with Gasteiger partial charge in [0.15, 0.2) is 0 Å². The molecule has 1 atom stereocenters. The quantitative estimate of drug-likeness (QED) is 0.855. The van der Waals surface area contributed by atoms with E-state index in [0.29, 0.717) is 13.0 Å². The molecule has 102 valence electrons. The molecule has 0 saturated heterocycles. The molecule has 0 fully saturated rings. The summed E-state index contributed by atoms with van der Waals surface area (Å²) in [6.45, 7) is 2.83. The van der Waals surface area contributed by atoms with E-state index in [-0.39, 0.29) is 11.8 Å². The zero-order chi connectivity index (χ0) is 13.7. The van der Waals surface area contributed by atoms with E-state index in [4.69, 9.17) is 5.11 Å². The molecule has 4 heteroatoms. The van der Waals surface area contributed by atoms with Gasteiger partial charge in [0.25, 0.3) is 0 Å². The van der Waals surface area contributed by atoms with Crippen LogP contribution in [0, 0.1) is 0 Å². The minimum Gasteiger partial charge on any atom is -0.477 e. The molecule has 2 rings (SSSR count). The first-order valence-electron chi connectivity index (χ1n) is 6.82. The second-order valence-electron chi connectivity index (χ2n) is 4.94. The van der Waals surface area contributed by atoms with Gasteiger partial charge >= 0.3 is 5.97 Å². The van der Waals surface area contributed by atoms with Gasteiger partial charge < -0.3 is 5.11 Å². The molecule has 0 saturated carbocycles. The summed E-state index contributed by atoms with van der Waals surface area (Å²) in [6.07, 6.45) is 3.79. The number of aliphatic carboxylic acids is 1. The minimum absolute atomic E-state index is 0.228. The Bertz CT molecular complexity index is 456. The number of benzene rings is 1. The van der Waals surface area contributed by atoms with Gasteiger partial charge in [-0.1, -0.05) is 50.1 Å². The van der Waals surface area contributed by atoms with E-state index in [9.17, 15) is 4.79 Å². The molecule has 0 radical (unpaired) electrons. The van der Waals surface area contributed by atoms with E-state index in [0.717, 1.165) is 19.3 Å². The standard InChI is InChI=1S/C15H20N2O2/c1-2-3-9-13-10-14(15(18)19)16-17(13)11-12-7-5-4-6-8-12/h4-8,13H,2-3,9-11H2,1H3,(H,18,19). The molecule has 0 bridgehead atoms. The molecule has 1 aliphatic heterocycles. The summed E-state index contributed by atoms with van der Waals surface area (Å²) in [4.78, 5) is 11.1. The summed E-state index contributed by atoms with van der Waals surface area (Å²) in [7, 11) is 0. The molecule has 1 aromatic rings. The van der Waals surface area contributed by atoms with Gasteiger partial charge in [0, 0.05) is 6.42 Å². The lowest BCUT2D eigenvalue weighted by molar-refractivity contribution is -0.129. The third-order valence-electron chi connectivity index (χ3n) is 3.42. The largest absolute Gasteiger partial charge is 0.477 e. The summed E-state index contributed by atoms with van der Waals surface area (Å²) in [5.41, 5.74) is 1.46. The maximum Gasteiger partial charge on any atom is 0.352 e. The molecular weight excluding hydrogens is 240 g/mol. The first kappa shape index (κ1) is 13.6. The molecule has 0 aliphatic carbocycles. The second kappa shape index (κ2) is 6.36. The van der Waals surface area contributed by atoms with Crippen LogP contribution in [-0.4, -0.2) is 27.8 Å². The molecule has 0 amide bonds. The highest BCUT2D eigenvalue weighted by atomic mass is 16.4. The molecule has 0 spiro atoms. The van der Waals surface area contributed by atoms with Crippen molar-refractivity contribution in [2.24, 2.45) is 5.10 Å². The summed E-state index contributed by atoms with van der Waals surface area (Å²) in [5.74, 6) is -0.892. The molecule has 1 aromatic carbocycles. The van der Waals surface area contributed by atoms with Crippen LogP contribution in [0.4, 0.5) is 0 Å². The average Bonchev–Trinajstić information content (AvgIpc) is 2.81. The Balaban J connectivity index is 2.07. The van der Waals surface area contributed by atoms with Crippen LogP contribution < -0.4 is 0 Å². The predicted octanol–water partition coefficient (Wildman–Crippen LogP) is 2.89. The highest BCUT2D eigenvalue weighted by Crippen LogP contribution is 2.23. The van der Waals surface area contributed by atoms with E-state index in [1.807, 2.05) is 35.3 Å². The molecule has 1 aliphatic rings. The number of rotatable bonds is 6. The Morgan fingerprint density at radius 1 is 1.42 bits per heavy atom. The van der Waals surface area contributed by atoms with Crippen molar-refractivity contribution in [3.05, 3.63) is 35.9 Å². The third-order valence-corrected chi connectivity index (χ3v) is 3.42. The molecule has 4 nitrogen and oxygen atoms in total. The Morgan fingerprint density at radius 2 is 2.16 bits per heavy atom. The first-order valence-corrected chi connectivity index (χ1v) is 6.82. The van der Waals surface area contributed by atoms with Crippen LogP contribution in [0.1, 0.15) is 38.2 Å². The van der Waals surface area contributed by atoms with Gasteiger partial charge in [-0.3, -0.25) is 5.01 Å². The Labute approximate surface area is 113 Å². The van der Waals surface area contributed by atoms with E-state index >= 15 is 0 Å². The second-order valence-corrected chi connectivity index (χ2v) is 4.94. The Hall–Kier alpha value is -1.84. The highest BCUT2D eigenvalue weighted by Gasteiger charge is 2.29. The van der Waals surface area contributed by atoms with Crippen LogP contribution in [0.25, 0.3) is 0 Å². The van der Waals surface area contributed by atoms with Crippen molar-refractivity contribution >= 4 is 11.7 Å². The normalized spacial score (nSPS) is 18.5. The van der Waals surface area contributed by atoms with Gasteiger partial charge in [0.2, 0.25) is 0 Å². The summed E-state index contributed by atoms with van der Waals surface area (Å²) >= 11 is 0. The van der Waals surface area contributed by atoms with Crippen LogP contribution >= 0.6 is 0 Å². The molecule has 19 heavy (non-hydrogen) atoms. The van der Waals surface area contributed by atoms with E-state index < -0.39 is 5.97 Å². The number of hydrogen-bond acceptors (Lipinski definition) is 3. The van der Waals surface area contributed by atoms with Crippen molar-refractivity contribution in [3.63, 3.8) is 0 Å². The fourth-order valence-corrected chi connectivity index (χ4v) is 2.36. The van der Waals surface area contributed by atoms with Crippen molar-refractivity contribution in [1.29, 1.82) is 0 Å². The predicted molar refractivity (Wildman–Crippen MR) is 75.0 cm³/mol. The zero-order valence-corrected chi connectivity index (χ0v) is 11.2. The number of hydrogen-bond donors (Lipinski definition) is 1. The lowest BCUT2D eigenvalue weighted by atomic mass is 10.0. The number of carboxylic acids is 1. The van der Waals surface area contributed by atoms with Crippen LogP contribution in [-0.2, 0) is 11.3 Å². The van der Waals surface area contributed by atoms with Crippen LogP contribution in [0.15, 0.2) is 35.4 Å². The van der Waals surface area contributed by atoms with Gasteiger partial charge in [-0.25, -0.2) is 4.79 Å². The van der Waals surface area contributed by atoms with Crippen molar-refractivity contribution in [1.82, 2.24) is 5.01 Å². The highest BCUT2D eigenvalue weighted by molar-refractivity contribution is 6.36. The van der Waals surface area contributed by atoms with Crippen molar-refractivity contribution in [2.75, 3.05) is 0 Å². The van der Waals surface area contributed by atoms with E-state index in [1.54, 1.807) is 0 Å². The number of hydrazone groups is 1. The van der Waals surface area contributed by atoms with Gasteiger partial charge in [-0.15, -0.1) is 0 Å². The topological polar surface area (TPSA) is 52.9 Å². The monoisotopic (exact) mass is 260 g/mol. The van der Waals surface area contributed by atoms with E-state index in [1.165, 1.54) is 5.56 Å². The SMILES string of the molecule is CCCCC1CC(C(=O)O)=NN1Cc1ccccc1. The molecule has 1 N–H and O–H groups in total. The summed E-state index contributed by atoms with van der Waals surface area (Å²) in [5, 5.41) is 15.3. The van der Waals surface area contributed by atoms with Gasteiger partial charge in [-0.05, 0) is 12.0 Å². The molecule has 1 heterocycles. The van der Waals surface area contributed by atoms with Crippen LogP contribution in [0.3, 0.4) is 0 Å². The van der Waals surface area contributed by atoms with Crippen molar-refractivity contribution in [3.8, 4) is 0 Å². The molecule has 0 aromatic heterocycles. The Kier molecular flexibility index (Phi) is 4.55. The van der Waals surface area contributed by atoms with Crippen LogP contribution in [0.5, 0.6) is 0 Å². The summed E-state index contributed by atoms with van der Waals surface area (Å²) in [6, 6.07) is 10.3. The Morgan fingerprint density at radius 3 is 2.79 bits per heavy atom. The zero-order valence-electron chi connectivity index (χ0n) is 11.2. The number of carboxylic acid groups (broad SMARTS) is 1. The maximum absolute atomic E-state index is 11.1. The third kappa shape index (κ3) is 3.56. The minimum atomic E-state index is -0.892. The number of carbonyl (C=O) groups is 1. The van der Waals surface area contributed by atoms with E-state index in [2.05, 4.69) is 12.0 Å². The average molecular weight is 260 g/mol. The van der Waals surface area contributed by atoms with Gasteiger partial charge in [0.05, 0.1) is 12.6 Å². The smallest absolute Gasteiger partial charge is 0.352 e. The number of unbranched alkanes of at least 4 members (excludes halogenated alkanes) is 1. The van der Waals surface area contributed by atoms with Crippen molar-refractivity contribution < 1.29 is 9.90 Å². The van der Waals surface area contributed by atoms with Gasteiger partial charge in [-0.2, -0.15) is 5.10 Å². The van der Waals surface area contributed by atoms with Crippen molar-refractivity contribution in [2.45, 2.75) is 45.2 Å². The number of nitrogens with zero attached hydrogens (tertiary/aromatic N) is 2. The lowest BCUT2D eigenvalue weighted by Gasteiger charge is -2.23. The van der Waals surface area contributed by atoms with Gasteiger partial charge in [0.1, 0.15) is 5.71 Å².